The Bertz CT molecular complexity index is 769. The van der Waals surface area contributed by atoms with Crippen LogP contribution in [0.4, 0.5) is 0 Å². The second kappa shape index (κ2) is 7.44. The molecule has 0 amide bonds. The van der Waals surface area contributed by atoms with Crippen LogP contribution in [0.3, 0.4) is 0 Å². The smallest absolute Gasteiger partial charge is 0.339 e. The SMILES string of the molecule is COC(=O)c1ccc(-c2cccn(CCN(C)C)c2=O)cc1Cl. The van der Waals surface area contributed by atoms with Crippen molar-refractivity contribution >= 4 is 17.6 Å². The fourth-order valence-electron chi connectivity index (χ4n) is 2.20. The van der Waals surface area contributed by atoms with Crippen LogP contribution in [0.5, 0.6) is 0 Å². The van der Waals surface area contributed by atoms with E-state index in [1.807, 2.05) is 25.1 Å². The average molecular weight is 335 g/mol. The number of carbonyl (C=O) groups is 1. The predicted octanol–water partition coefficient (Wildman–Crippen LogP) is 2.52. The van der Waals surface area contributed by atoms with Crippen LogP contribution in [0.2, 0.25) is 5.02 Å². The number of benzene rings is 1. The van der Waals surface area contributed by atoms with Crippen molar-refractivity contribution in [1.29, 1.82) is 0 Å². The van der Waals surface area contributed by atoms with E-state index in [-0.39, 0.29) is 16.1 Å². The lowest BCUT2D eigenvalue weighted by molar-refractivity contribution is 0.0601. The van der Waals surface area contributed by atoms with Crippen LogP contribution in [-0.2, 0) is 11.3 Å². The quantitative estimate of drug-likeness (QED) is 0.788. The molecule has 1 aromatic heterocycles. The number of nitrogens with zero attached hydrogens (tertiary/aromatic N) is 2. The second-order valence-corrected chi connectivity index (χ2v) is 5.82. The van der Waals surface area contributed by atoms with Crippen molar-refractivity contribution in [3.05, 3.63) is 57.5 Å². The Morgan fingerprint density at radius 1 is 1.30 bits per heavy atom. The molecule has 0 bridgehead atoms. The van der Waals surface area contributed by atoms with Crippen LogP contribution in [0.15, 0.2) is 41.3 Å². The lowest BCUT2D eigenvalue weighted by atomic mass is 10.1. The number of rotatable bonds is 5. The third-order valence-corrected chi connectivity index (χ3v) is 3.81. The van der Waals surface area contributed by atoms with Gasteiger partial charge in [0.15, 0.2) is 0 Å². The van der Waals surface area contributed by atoms with E-state index in [9.17, 15) is 9.59 Å². The normalized spacial score (nSPS) is 10.8. The monoisotopic (exact) mass is 334 g/mol. The highest BCUT2D eigenvalue weighted by atomic mass is 35.5. The molecule has 0 aliphatic rings. The molecule has 0 aliphatic carbocycles. The van der Waals surface area contributed by atoms with E-state index >= 15 is 0 Å². The molecule has 0 unspecified atom stereocenters. The van der Waals surface area contributed by atoms with Crippen LogP contribution in [-0.4, -0.2) is 43.2 Å². The molecule has 0 saturated heterocycles. The zero-order valence-electron chi connectivity index (χ0n) is 13.4. The first-order chi connectivity index (χ1) is 10.9. The maximum absolute atomic E-state index is 12.6. The fraction of sp³-hybridized carbons (Fsp3) is 0.294. The van der Waals surface area contributed by atoms with Crippen molar-refractivity contribution in [3.8, 4) is 11.1 Å². The van der Waals surface area contributed by atoms with E-state index in [1.54, 1.807) is 35.0 Å². The summed E-state index contributed by atoms with van der Waals surface area (Å²) in [7, 11) is 5.22. The molecule has 5 nitrogen and oxygen atoms in total. The first-order valence-electron chi connectivity index (χ1n) is 7.16. The lowest BCUT2D eigenvalue weighted by Gasteiger charge is -2.12. The molecule has 1 aromatic carbocycles. The van der Waals surface area contributed by atoms with Gasteiger partial charge < -0.3 is 14.2 Å². The van der Waals surface area contributed by atoms with Gasteiger partial charge >= 0.3 is 5.97 Å². The minimum atomic E-state index is -0.502. The number of halogens is 1. The number of ether oxygens (including phenoxy) is 1. The van der Waals surface area contributed by atoms with Gasteiger partial charge in [-0.1, -0.05) is 17.7 Å². The van der Waals surface area contributed by atoms with Gasteiger partial charge in [-0.2, -0.15) is 0 Å². The number of hydrogen-bond donors (Lipinski definition) is 0. The molecule has 2 aromatic rings. The van der Waals surface area contributed by atoms with E-state index in [0.29, 0.717) is 17.7 Å². The minimum Gasteiger partial charge on any atom is -0.465 e. The highest BCUT2D eigenvalue weighted by molar-refractivity contribution is 6.33. The summed E-state index contributed by atoms with van der Waals surface area (Å²) in [6, 6.07) is 8.46. The van der Waals surface area contributed by atoms with Crippen LogP contribution >= 0.6 is 11.6 Å². The van der Waals surface area contributed by atoms with Crippen LogP contribution in [0.1, 0.15) is 10.4 Å². The van der Waals surface area contributed by atoms with Gasteiger partial charge in [-0.3, -0.25) is 4.79 Å². The Hall–Kier alpha value is -2.11. The third kappa shape index (κ3) is 4.00. The molecule has 1 heterocycles. The molecule has 0 fully saturated rings. The van der Waals surface area contributed by atoms with Crippen LogP contribution in [0, 0.1) is 0 Å². The Kier molecular flexibility index (Phi) is 5.58. The van der Waals surface area contributed by atoms with Gasteiger partial charge in [0.05, 0.1) is 17.7 Å². The predicted molar refractivity (Wildman–Crippen MR) is 91.0 cm³/mol. The summed E-state index contributed by atoms with van der Waals surface area (Å²) in [5, 5.41) is 0.262. The first-order valence-corrected chi connectivity index (χ1v) is 7.54. The molecular weight excluding hydrogens is 316 g/mol. The largest absolute Gasteiger partial charge is 0.465 e. The molecule has 0 N–H and O–H groups in total. The first kappa shape index (κ1) is 17.2. The summed E-state index contributed by atoms with van der Waals surface area (Å²) in [4.78, 5) is 26.2. The van der Waals surface area contributed by atoms with Crippen LogP contribution < -0.4 is 5.56 Å². The highest BCUT2D eigenvalue weighted by Crippen LogP contribution is 2.24. The maximum Gasteiger partial charge on any atom is 0.339 e. The second-order valence-electron chi connectivity index (χ2n) is 5.41. The number of hydrogen-bond acceptors (Lipinski definition) is 4. The number of methoxy groups -OCH3 is 1. The van der Waals surface area contributed by atoms with Gasteiger partial charge in [-0.05, 0) is 43.9 Å². The molecule has 0 atom stereocenters. The number of aromatic nitrogens is 1. The van der Waals surface area contributed by atoms with E-state index in [4.69, 9.17) is 11.6 Å². The Morgan fingerprint density at radius 2 is 2.04 bits per heavy atom. The number of likely N-dealkylation sites (N-methyl/N-ethyl adjacent to an activating group) is 1. The summed E-state index contributed by atoms with van der Waals surface area (Å²) in [5.74, 6) is -0.502. The molecule has 0 saturated carbocycles. The van der Waals surface area contributed by atoms with Gasteiger partial charge in [0.25, 0.3) is 5.56 Å². The number of esters is 1. The van der Waals surface area contributed by atoms with Crippen LogP contribution in [0.25, 0.3) is 11.1 Å². The Labute approximate surface area is 140 Å². The maximum atomic E-state index is 12.6. The molecule has 0 radical (unpaired) electrons. The van der Waals surface area contributed by atoms with E-state index in [0.717, 1.165) is 6.54 Å². The standard InChI is InChI=1S/C17H19ClN2O3/c1-19(2)9-10-20-8-4-5-13(16(20)21)12-6-7-14(15(18)11-12)17(22)23-3/h4-8,11H,9-10H2,1-3H3. The molecule has 122 valence electrons. The molecule has 6 heteroatoms. The van der Waals surface area contributed by atoms with Gasteiger partial charge in [-0.25, -0.2) is 4.79 Å². The van der Waals surface area contributed by atoms with Crippen molar-refractivity contribution < 1.29 is 9.53 Å². The molecule has 0 spiro atoms. The summed E-state index contributed by atoms with van der Waals surface area (Å²) < 4.78 is 6.33. The summed E-state index contributed by atoms with van der Waals surface area (Å²) in [6.07, 6.45) is 1.76. The van der Waals surface area contributed by atoms with E-state index in [1.165, 1.54) is 7.11 Å². The zero-order valence-corrected chi connectivity index (χ0v) is 14.1. The average Bonchev–Trinajstić information content (AvgIpc) is 2.53. The van der Waals surface area contributed by atoms with Crippen molar-refractivity contribution in [2.45, 2.75) is 6.54 Å². The van der Waals surface area contributed by atoms with Gasteiger partial charge in [-0.15, -0.1) is 0 Å². The van der Waals surface area contributed by atoms with Crippen molar-refractivity contribution in [3.63, 3.8) is 0 Å². The van der Waals surface area contributed by atoms with Gasteiger partial charge in [0, 0.05) is 24.8 Å². The zero-order chi connectivity index (χ0) is 17.0. The van der Waals surface area contributed by atoms with Gasteiger partial charge in [0.1, 0.15) is 0 Å². The topological polar surface area (TPSA) is 51.5 Å². The summed E-state index contributed by atoms with van der Waals surface area (Å²) in [6.45, 7) is 1.37. The summed E-state index contributed by atoms with van der Waals surface area (Å²) >= 11 is 6.13. The van der Waals surface area contributed by atoms with Gasteiger partial charge in [0.2, 0.25) is 0 Å². The third-order valence-electron chi connectivity index (χ3n) is 3.49. The van der Waals surface area contributed by atoms with Crippen molar-refractivity contribution in [2.24, 2.45) is 0 Å². The van der Waals surface area contributed by atoms with Crippen molar-refractivity contribution in [2.75, 3.05) is 27.7 Å². The minimum absolute atomic E-state index is 0.0868. The molecule has 2 rings (SSSR count). The molecule has 0 aliphatic heterocycles. The van der Waals surface area contributed by atoms with E-state index < -0.39 is 5.97 Å². The Morgan fingerprint density at radius 3 is 2.65 bits per heavy atom. The molecular formula is C17H19ClN2O3. The number of pyridine rings is 1. The lowest BCUT2D eigenvalue weighted by Crippen LogP contribution is -2.26. The fourth-order valence-corrected chi connectivity index (χ4v) is 2.46. The molecule has 23 heavy (non-hydrogen) atoms. The van der Waals surface area contributed by atoms with Crippen molar-refractivity contribution in [1.82, 2.24) is 9.47 Å². The Balaban J connectivity index is 2.39. The number of carbonyl (C=O) groups excluding carboxylic acids is 1. The highest BCUT2D eigenvalue weighted by Gasteiger charge is 2.13. The van der Waals surface area contributed by atoms with E-state index in [2.05, 4.69) is 4.74 Å². The summed E-state index contributed by atoms with van der Waals surface area (Å²) in [5.41, 5.74) is 1.41.